The van der Waals surface area contributed by atoms with Crippen molar-refractivity contribution in [1.29, 1.82) is 0 Å². The van der Waals surface area contributed by atoms with E-state index in [2.05, 4.69) is 39.9 Å². The van der Waals surface area contributed by atoms with Gasteiger partial charge in [0.1, 0.15) is 18.2 Å². The molecule has 35 heavy (non-hydrogen) atoms. The number of amides is 1. The number of fused-ring (bicyclic) bond motifs is 1. The number of nitrogens with zero attached hydrogens (tertiary/aromatic N) is 3. The van der Waals surface area contributed by atoms with Crippen LogP contribution in [0.2, 0.25) is 0 Å². The summed E-state index contributed by atoms with van der Waals surface area (Å²) in [6.45, 7) is 6.07. The molecule has 1 N–H and O–H groups in total. The van der Waals surface area contributed by atoms with E-state index in [1.165, 1.54) is 5.52 Å². The summed E-state index contributed by atoms with van der Waals surface area (Å²) < 4.78 is 8.13. The van der Waals surface area contributed by atoms with Gasteiger partial charge in [-0.15, -0.1) is 0 Å². The van der Waals surface area contributed by atoms with E-state index in [1.807, 2.05) is 60.7 Å². The lowest BCUT2D eigenvalue weighted by Crippen LogP contribution is -2.40. The summed E-state index contributed by atoms with van der Waals surface area (Å²) in [5, 5.41) is 3.10. The number of anilines is 1. The van der Waals surface area contributed by atoms with E-state index in [4.69, 9.17) is 9.72 Å². The smallest absolute Gasteiger partial charge is 0.228 e. The molecule has 0 aliphatic carbocycles. The molecule has 0 radical (unpaired) electrons. The number of nitrogens with one attached hydrogen (secondary N) is 1. The molecule has 1 aliphatic heterocycles. The zero-order valence-electron chi connectivity index (χ0n) is 20.2. The number of ether oxygens (including phenoxy) is 1. The largest absolute Gasteiger partial charge is 0.489 e. The maximum Gasteiger partial charge on any atom is 0.228 e. The molecule has 3 aromatic carbocycles. The van der Waals surface area contributed by atoms with Crippen LogP contribution < -0.4 is 10.1 Å². The van der Waals surface area contributed by atoms with Gasteiger partial charge in [-0.05, 0) is 68.3 Å². The molecule has 6 heteroatoms. The molecule has 1 aromatic heterocycles. The highest BCUT2D eigenvalue weighted by molar-refractivity contribution is 5.92. The van der Waals surface area contributed by atoms with E-state index < -0.39 is 0 Å². The first kappa shape index (κ1) is 23.1. The van der Waals surface area contributed by atoms with Crippen LogP contribution in [0.15, 0.2) is 78.9 Å². The van der Waals surface area contributed by atoms with Gasteiger partial charge in [0.05, 0.1) is 23.5 Å². The number of carbonyl (C=O) groups is 1. The predicted molar refractivity (Wildman–Crippen MR) is 139 cm³/mol. The van der Waals surface area contributed by atoms with Gasteiger partial charge in [-0.2, -0.15) is 0 Å². The Morgan fingerprint density at radius 1 is 1.03 bits per heavy atom. The number of likely N-dealkylation sites (tertiary alicyclic amines) is 1. The Balaban J connectivity index is 1.17. The number of rotatable bonds is 8. The van der Waals surface area contributed by atoms with Crippen molar-refractivity contribution in [3.63, 3.8) is 0 Å². The number of hydrogen-bond donors (Lipinski definition) is 1. The lowest BCUT2D eigenvalue weighted by atomic mass is 9.97. The van der Waals surface area contributed by atoms with E-state index in [0.29, 0.717) is 6.61 Å². The molecule has 1 amide bonds. The van der Waals surface area contributed by atoms with Crippen LogP contribution in [0.5, 0.6) is 5.75 Å². The summed E-state index contributed by atoms with van der Waals surface area (Å²) in [4.78, 5) is 20.3. The van der Waals surface area contributed by atoms with Gasteiger partial charge in [0.15, 0.2) is 0 Å². The highest BCUT2D eigenvalue weighted by Crippen LogP contribution is 2.23. The van der Waals surface area contributed by atoms with Crippen LogP contribution in [0.3, 0.4) is 0 Å². The first-order chi connectivity index (χ1) is 17.2. The monoisotopic (exact) mass is 468 g/mol. The summed E-state index contributed by atoms with van der Waals surface area (Å²) in [6.07, 6.45) is 1.92. The second-order valence-electron chi connectivity index (χ2n) is 9.12. The summed E-state index contributed by atoms with van der Waals surface area (Å²) in [6, 6.07) is 26.0. The summed E-state index contributed by atoms with van der Waals surface area (Å²) in [7, 11) is 0. The Labute approximate surface area is 206 Å². The van der Waals surface area contributed by atoms with Gasteiger partial charge in [-0.3, -0.25) is 9.69 Å². The highest BCUT2D eigenvalue weighted by atomic mass is 16.5. The van der Waals surface area contributed by atoms with Crippen LogP contribution in [-0.4, -0.2) is 33.4 Å². The minimum absolute atomic E-state index is 0.0304. The van der Waals surface area contributed by atoms with E-state index >= 15 is 0 Å². The lowest BCUT2D eigenvalue weighted by Gasteiger charge is -2.31. The highest BCUT2D eigenvalue weighted by Gasteiger charge is 2.27. The second-order valence-corrected chi connectivity index (χ2v) is 9.12. The Bertz CT molecular complexity index is 1270. The van der Waals surface area contributed by atoms with Crippen LogP contribution in [0, 0.1) is 5.92 Å². The predicted octanol–water partition coefficient (Wildman–Crippen LogP) is 5.49. The summed E-state index contributed by atoms with van der Waals surface area (Å²) in [5.41, 5.74) is 4.13. The third-order valence-corrected chi connectivity index (χ3v) is 6.66. The first-order valence-corrected chi connectivity index (χ1v) is 12.4. The average Bonchev–Trinajstić information content (AvgIpc) is 3.26. The normalized spacial score (nSPS) is 16.3. The molecule has 0 saturated carbocycles. The van der Waals surface area contributed by atoms with E-state index in [9.17, 15) is 4.79 Å². The quantitative estimate of drug-likeness (QED) is 0.372. The van der Waals surface area contributed by atoms with Crippen LogP contribution in [0.25, 0.3) is 11.0 Å². The Kier molecular flexibility index (Phi) is 7.09. The van der Waals surface area contributed by atoms with E-state index in [-0.39, 0.29) is 11.8 Å². The number of carbonyl (C=O) groups excluding carboxylic acids is 1. The topological polar surface area (TPSA) is 59.4 Å². The van der Waals surface area contributed by atoms with Crippen LogP contribution in [0.4, 0.5) is 5.69 Å². The standard InChI is InChI=1S/C29H32N4O2/c1-2-33-27-13-7-6-12-26(27)31-28(33)20-32-18-8-11-23(19-32)29(34)30-24-14-16-25(17-15-24)35-21-22-9-4-3-5-10-22/h3-7,9-10,12-17,23H,2,8,11,18-21H2,1H3,(H,30,34)/t23-/m1/s1. The number of piperidine rings is 1. The molecule has 0 unspecified atom stereocenters. The molecule has 1 aliphatic rings. The summed E-state index contributed by atoms with van der Waals surface area (Å²) >= 11 is 0. The van der Waals surface area contributed by atoms with Crippen molar-refractivity contribution in [1.82, 2.24) is 14.5 Å². The molecule has 1 atom stereocenters. The molecule has 4 aromatic rings. The number of aromatic nitrogens is 2. The maximum absolute atomic E-state index is 13.0. The van der Waals surface area contributed by atoms with E-state index in [0.717, 1.165) is 67.4 Å². The third kappa shape index (κ3) is 5.54. The number of para-hydroxylation sites is 2. The zero-order chi connectivity index (χ0) is 24.0. The number of imidazole rings is 1. The van der Waals surface area contributed by atoms with Gasteiger partial charge in [0.25, 0.3) is 0 Å². The number of aryl methyl sites for hydroxylation is 1. The zero-order valence-corrected chi connectivity index (χ0v) is 20.2. The van der Waals surface area contributed by atoms with Gasteiger partial charge >= 0.3 is 0 Å². The minimum atomic E-state index is -0.0304. The molecule has 1 saturated heterocycles. The average molecular weight is 469 g/mol. The molecular formula is C29H32N4O2. The van der Waals surface area contributed by atoms with Crippen molar-refractivity contribution >= 4 is 22.6 Å². The molecular weight excluding hydrogens is 436 g/mol. The Hall–Kier alpha value is -3.64. The lowest BCUT2D eigenvalue weighted by molar-refractivity contribution is -0.121. The van der Waals surface area contributed by atoms with Gasteiger partial charge in [0, 0.05) is 18.8 Å². The molecule has 5 rings (SSSR count). The molecule has 180 valence electrons. The minimum Gasteiger partial charge on any atom is -0.489 e. The molecule has 0 spiro atoms. The fourth-order valence-electron chi connectivity index (χ4n) is 4.83. The first-order valence-electron chi connectivity index (χ1n) is 12.4. The van der Waals surface area contributed by atoms with Crippen molar-refractivity contribution in [3.05, 3.63) is 90.3 Å². The van der Waals surface area contributed by atoms with E-state index in [1.54, 1.807) is 0 Å². The second kappa shape index (κ2) is 10.7. The molecule has 2 heterocycles. The Morgan fingerprint density at radius 3 is 2.60 bits per heavy atom. The van der Waals surface area contributed by atoms with Crippen molar-refractivity contribution < 1.29 is 9.53 Å². The maximum atomic E-state index is 13.0. The van der Waals surface area contributed by atoms with Crippen LogP contribution in [0.1, 0.15) is 31.2 Å². The van der Waals surface area contributed by atoms with Crippen molar-refractivity contribution in [2.45, 2.75) is 39.5 Å². The van der Waals surface area contributed by atoms with Gasteiger partial charge in [0.2, 0.25) is 5.91 Å². The fourth-order valence-corrected chi connectivity index (χ4v) is 4.83. The van der Waals surface area contributed by atoms with Crippen LogP contribution >= 0.6 is 0 Å². The number of hydrogen-bond acceptors (Lipinski definition) is 4. The van der Waals surface area contributed by atoms with Crippen molar-refractivity contribution in [2.75, 3.05) is 18.4 Å². The van der Waals surface area contributed by atoms with Gasteiger partial charge in [-0.25, -0.2) is 4.98 Å². The van der Waals surface area contributed by atoms with Gasteiger partial charge < -0.3 is 14.6 Å². The SMILES string of the molecule is CCn1c(CN2CCC[C@@H](C(=O)Nc3ccc(OCc4ccccc4)cc3)C2)nc2ccccc21. The van der Waals surface area contributed by atoms with Crippen molar-refractivity contribution in [3.8, 4) is 5.75 Å². The van der Waals surface area contributed by atoms with Gasteiger partial charge in [-0.1, -0.05) is 42.5 Å². The number of benzene rings is 3. The molecule has 0 bridgehead atoms. The molecule has 1 fully saturated rings. The molecule has 6 nitrogen and oxygen atoms in total. The fraction of sp³-hybridized carbons (Fsp3) is 0.310. The third-order valence-electron chi connectivity index (χ3n) is 6.66. The van der Waals surface area contributed by atoms with Crippen LogP contribution in [-0.2, 0) is 24.5 Å². The van der Waals surface area contributed by atoms with Crippen molar-refractivity contribution in [2.24, 2.45) is 5.92 Å². The Morgan fingerprint density at radius 2 is 1.80 bits per heavy atom. The summed E-state index contributed by atoms with van der Waals surface area (Å²) in [5.74, 6) is 1.91.